The number of hydrogen-bond donors (Lipinski definition) is 4. The average Bonchev–Trinajstić information content (AvgIpc) is 2.82. The molecular formula is C24H26N2O5P2. The Morgan fingerprint density at radius 2 is 0.727 bits per heavy atom. The zero-order chi connectivity index (χ0) is 24.2. The van der Waals surface area contributed by atoms with E-state index in [4.69, 9.17) is 11.5 Å². The number of benzene rings is 4. The fourth-order valence-corrected chi connectivity index (χ4v) is 5.44. The van der Waals surface area contributed by atoms with Gasteiger partial charge in [-0.15, -0.1) is 0 Å². The summed E-state index contributed by atoms with van der Waals surface area (Å²) in [5.41, 5.74) is 12.4. The smallest absolute Gasteiger partial charge is 0.366 e. The standard InChI is InChI=1S/C12H12O5P2.2C6H7N/c13-18(14,11-7-3-1-4-8-11)17-19(15,16)12-9-5-2-6-10-12;2*7-6-4-2-1-3-5-6/h1-10H,(H,13,14)(H,15,16);2*1-5H,7H2. The predicted octanol–water partition coefficient (Wildman–Crippen LogP) is 4.56. The Kier molecular flexibility index (Phi) is 10.1. The molecule has 0 spiro atoms. The van der Waals surface area contributed by atoms with Crippen molar-refractivity contribution in [2.45, 2.75) is 0 Å². The number of nitrogen functional groups attached to an aromatic ring is 2. The van der Waals surface area contributed by atoms with Gasteiger partial charge in [-0.25, -0.2) is 4.31 Å². The number of hydrogen-bond acceptors (Lipinski definition) is 5. The molecule has 2 atom stereocenters. The molecule has 0 radical (unpaired) electrons. The van der Waals surface area contributed by atoms with E-state index in [-0.39, 0.29) is 10.6 Å². The largest absolute Gasteiger partial charge is 0.399 e. The van der Waals surface area contributed by atoms with Crippen LogP contribution in [0.5, 0.6) is 0 Å². The molecule has 4 aromatic rings. The van der Waals surface area contributed by atoms with Gasteiger partial charge in [-0.3, -0.25) is 9.13 Å². The molecule has 9 heteroatoms. The van der Waals surface area contributed by atoms with E-state index in [9.17, 15) is 18.9 Å². The summed E-state index contributed by atoms with van der Waals surface area (Å²) in [4.78, 5) is 19.6. The lowest BCUT2D eigenvalue weighted by Gasteiger charge is -2.16. The molecular weight excluding hydrogens is 458 g/mol. The van der Waals surface area contributed by atoms with Gasteiger partial charge in [0.1, 0.15) is 0 Å². The fourth-order valence-electron chi connectivity index (χ4n) is 2.38. The molecule has 0 aliphatic heterocycles. The van der Waals surface area contributed by atoms with Gasteiger partial charge in [0.2, 0.25) is 0 Å². The second kappa shape index (κ2) is 12.8. The lowest BCUT2D eigenvalue weighted by molar-refractivity contribution is 0.349. The number of nitrogens with two attached hydrogens (primary N) is 2. The Bertz CT molecular complexity index is 1080. The van der Waals surface area contributed by atoms with Crippen LogP contribution in [0.15, 0.2) is 121 Å². The molecule has 7 nitrogen and oxygen atoms in total. The lowest BCUT2D eigenvalue weighted by atomic mass is 10.3. The molecule has 33 heavy (non-hydrogen) atoms. The number of anilines is 2. The van der Waals surface area contributed by atoms with Crippen molar-refractivity contribution in [3.8, 4) is 0 Å². The molecule has 0 aliphatic rings. The van der Waals surface area contributed by atoms with Crippen molar-refractivity contribution in [1.82, 2.24) is 0 Å². The average molecular weight is 484 g/mol. The summed E-state index contributed by atoms with van der Waals surface area (Å²) >= 11 is 0. The van der Waals surface area contributed by atoms with Crippen molar-refractivity contribution in [2.24, 2.45) is 0 Å². The van der Waals surface area contributed by atoms with Gasteiger partial charge in [0, 0.05) is 11.4 Å². The zero-order valence-electron chi connectivity index (χ0n) is 17.7. The molecule has 4 rings (SSSR count). The molecule has 6 N–H and O–H groups in total. The quantitative estimate of drug-likeness (QED) is 0.246. The Hall–Kier alpha value is -3.18. The summed E-state index contributed by atoms with van der Waals surface area (Å²) < 4.78 is 28.6. The Balaban J connectivity index is 0.000000223. The molecule has 0 fully saturated rings. The first-order valence-corrected chi connectivity index (χ1v) is 13.0. The summed E-state index contributed by atoms with van der Waals surface area (Å²) in [7, 11) is -8.69. The highest BCUT2D eigenvalue weighted by Crippen LogP contribution is 2.57. The first-order valence-electron chi connectivity index (χ1n) is 9.80. The van der Waals surface area contributed by atoms with Crippen molar-refractivity contribution in [1.29, 1.82) is 0 Å². The van der Waals surface area contributed by atoms with Gasteiger partial charge < -0.3 is 21.3 Å². The van der Waals surface area contributed by atoms with E-state index in [1.807, 2.05) is 60.7 Å². The molecule has 0 saturated heterocycles. The first kappa shape index (κ1) is 26.1. The van der Waals surface area contributed by atoms with E-state index in [1.54, 1.807) is 36.4 Å². The maximum absolute atomic E-state index is 12.0. The number of rotatable bonds is 4. The first-order chi connectivity index (χ1) is 15.7. The molecule has 0 amide bonds. The van der Waals surface area contributed by atoms with Gasteiger partial charge >= 0.3 is 15.2 Å². The highest BCUT2D eigenvalue weighted by atomic mass is 31.3. The van der Waals surface area contributed by atoms with Crippen LogP contribution in [-0.2, 0) is 13.4 Å². The van der Waals surface area contributed by atoms with Crippen molar-refractivity contribution >= 4 is 37.2 Å². The third-order valence-electron chi connectivity index (χ3n) is 3.99. The normalized spacial score (nSPS) is 13.6. The van der Waals surface area contributed by atoms with Gasteiger partial charge in [-0.1, -0.05) is 72.8 Å². The van der Waals surface area contributed by atoms with E-state index in [0.29, 0.717) is 0 Å². The Morgan fingerprint density at radius 1 is 0.485 bits per heavy atom. The van der Waals surface area contributed by atoms with Crippen molar-refractivity contribution in [3.05, 3.63) is 121 Å². The Labute approximate surface area is 193 Å². The number of para-hydroxylation sites is 2. The van der Waals surface area contributed by atoms with Crippen LogP contribution < -0.4 is 22.1 Å². The molecule has 0 aromatic heterocycles. The van der Waals surface area contributed by atoms with Crippen molar-refractivity contribution in [3.63, 3.8) is 0 Å². The molecule has 0 saturated carbocycles. The van der Waals surface area contributed by atoms with Crippen LogP contribution in [0.1, 0.15) is 0 Å². The summed E-state index contributed by atoms with van der Waals surface area (Å²) in [5.74, 6) is 0. The van der Waals surface area contributed by atoms with Crippen LogP contribution in [0.3, 0.4) is 0 Å². The SMILES string of the molecule is Nc1ccccc1.Nc1ccccc1.O=P(O)(OP(=O)(O)c1ccccc1)c1ccccc1. The second-order valence-corrected chi connectivity index (χ2v) is 10.4. The lowest BCUT2D eigenvalue weighted by Crippen LogP contribution is -2.10. The third kappa shape index (κ3) is 9.46. The van der Waals surface area contributed by atoms with Gasteiger partial charge in [0.05, 0.1) is 10.6 Å². The fraction of sp³-hybridized carbons (Fsp3) is 0. The minimum Gasteiger partial charge on any atom is -0.399 e. The summed E-state index contributed by atoms with van der Waals surface area (Å²) in [6.07, 6.45) is 0. The topological polar surface area (TPSA) is 136 Å². The maximum Gasteiger partial charge on any atom is 0.366 e. The Morgan fingerprint density at radius 3 is 0.939 bits per heavy atom. The minimum atomic E-state index is -4.34. The van der Waals surface area contributed by atoms with Crippen LogP contribution >= 0.6 is 15.2 Å². The van der Waals surface area contributed by atoms with E-state index in [1.165, 1.54) is 24.3 Å². The third-order valence-corrected chi connectivity index (χ3v) is 7.66. The second-order valence-electron chi connectivity index (χ2n) is 6.61. The molecule has 0 bridgehead atoms. The van der Waals surface area contributed by atoms with Gasteiger partial charge in [0.25, 0.3) is 0 Å². The molecule has 2 unspecified atom stereocenters. The van der Waals surface area contributed by atoms with Gasteiger partial charge in [-0.2, -0.15) is 0 Å². The van der Waals surface area contributed by atoms with E-state index < -0.39 is 15.2 Å². The van der Waals surface area contributed by atoms with E-state index >= 15 is 0 Å². The van der Waals surface area contributed by atoms with Crippen molar-refractivity contribution < 1.29 is 23.2 Å². The highest BCUT2D eigenvalue weighted by molar-refractivity contribution is 7.74. The van der Waals surface area contributed by atoms with Crippen LogP contribution in [-0.4, -0.2) is 9.79 Å². The van der Waals surface area contributed by atoms with Crippen LogP contribution in [0.25, 0.3) is 0 Å². The van der Waals surface area contributed by atoms with Crippen LogP contribution in [0.4, 0.5) is 11.4 Å². The van der Waals surface area contributed by atoms with Crippen molar-refractivity contribution in [2.75, 3.05) is 11.5 Å². The molecule has 0 aliphatic carbocycles. The molecule has 4 aromatic carbocycles. The van der Waals surface area contributed by atoms with Crippen LogP contribution in [0, 0.1) is 0 Å². The molecule has 0 heterocycles. The summed E-state index contributed by atoms with van der Waals surface area (Å²) in [6, 6.07) is 34.0. The maximum atomic E-state index is 12.0. The minimum absolute atomic E-state index is 0.0276. The van der Waals surface area contributed by atoms with Gasteiger partial charge in [-0.05, 0) is 48.5 Å². The zero-order valence-corrected chi connectivity index (χ0v) is 19.5. The predicted molar refractivity (Wildman–Crippen MR) is 135 cm³/mol. The van der Waals surface area contributed by atoms with E-state index in [2.05, 4.69) is 4.31 Å². The summed E-state index contributed by atoms with van der Waals surface area (Å²) in [5, 5.41) is -0.0552. The highest BCUT2D eigenvalue weighted by Gasteiger charge is 2.35. The van der Waals surface area contributed by atoms with Gasteiger partial charge in [0.15, 0.2) is 0 Å². The monoisotopic (exact) mass is 484 g/mol. The molecule has 172 valence electrons. The van der Waals surface area contributed by atoms with E-state index in [0.717, 1.165) is 11.4 Å². The summed E-state index contributed by atoms with van der Waals surface area (Å²) in [6.45, 7) is 0. The van der Waals surface area contributed by atoms with Crippen LogP contribution in [0.2, 0.25) is 0 Å².